The third-order valence-corrected chi connectivity index (χ3v) is 7.34. The van der Waals surface area contributed by atoms with Crippen LogP contribution in [0.5, 0.6) is 5.75 Å². The molecule has 9 nitrogen and oxygen atoms in total. The second-order valence-corrected chi connectivity index (χ2v) is 9.62. The molecule has 0 spiro atoms. The number of piperazine rings is 1. The highest BCUT2D eigenvalue weighted by Crippen LogP contribution is 2.23. The van der Waals surface area contributed by atoms with Crippen LogP contribution in [0.25, 0.3) is 0 Å². The fourth-order valence-electron chi connectivity index (χ4n) is 2.66. The summed E-state index contributed by atoms with van der Waals surface area (Å²) in [4.78, 5) is 11.4. The maximum atomic E-state index is 12.7. The Hall–Kier alpha value is -2.63. The number of carbonyl (C=O) groups excluding carboxylic acids is 1. The van der Waals surface area contributed by atoms with E-state index in [1.165, 1.54) is 55.6 Å². The van der Waals surface area contributed by atoms with Gasteiger partial charge in [-0.15, -0.1) is 0 Å². The number of methoxy groups -OCH3 is 1. The Balaban J connectivity index is 1.85. The Kier molecular flexibility index (Phi) is 5.59. The number of nitrogens with one attached hydrogen (secondary N) is 2. The Morgan fingerprint density at radius 3 is 2.39 bits per heavy atom. The lowest BCUT2D eigenvalue weighted by Gasteiger charge is -2.26. The standard InChI is InChI=1S/C17H19N3O6S2/c1-26-14-5-7-15(8-6-14)27(22,23)19-13-3-2-4-16(11-13)28(24,25)20-10-9-18-17(21)12-20/h2-8,11,19H,9-10,12H2,1H3,(H,18,21). The Morgan fingerprint density at radius 1 is 1.04 bits per heavy atom. The maximum Gasteiger partial charge on any atom is 0.261 e. The summed E-state index contributed by atoms with van der Waals surface area (Å²) in [7, 11) is -6.37. The van der Waals surface area contributed by atoms with Gasteiger partial charge in [-0.3, -0.25) is 9.52 Å². The summed E-state index contributed by atoms with van der Waals surface area (Å²) in [5, 5.41) is 2.56. The molecule has 11 heteroatoms. The van der Waals surface area contributed by atoms with Gasteiger partial charge in [0, 0.05) is 13.1 Å². The van der Waals surface area contributed by atoms with Crippen LogP contribution in [0.3, 0.4) is 0 Å². The van der Waals surface area contributed by atoms with Crippen molar-refractivity contribution >= 4 is 31.6 Å². The number of benzene rings is 2. The zero-order chi connectivity index (χ0) is 20.4. The Labute approximate surface area is 163 Å². The van der Waals surface area contributed by atoms with Crippen molar-refractivity contribution in [3.05, 3.63) is 48.5 Å². The lowest BCUT2D eigenvalue weighted by Crippen LogP contribution is -2.49. The summed E-state index contributed by atoms with van der Waals surface area (Å²) >= 11 is 0. The maximum absolute atomic E-state index is 12.7. The number of anilines is 1. The second-order valence-electron chi connectivity index (χ2n) is 6.00. The SMILES string of the molecule is COc1ccc(S(=O)(=O)Nc2cccc(S(=O)(=O)N3CCNC(=O)C3)c2)cc1. The summed E-state index contributed by atoms with van der Waals surface area (Å²) in [5.41, 5.74) is 0.0957. The van der Waals surface area contributed by atoms with E-state index in [0.29, 0.717) is 5.75 Å². The van der Waals surface area contributed by atoms with E-state index in [0.717, 1.165) is 4.31 Å². The first-order valence-electron chi connectivity index (χ1n) is 8.26. The van der Waals surface area contributed by atoms with Crippen molar-refractivity contribution in [3.8, 4) is 5.75 Å². The van der Waals surface area contributed by atoms with Gasteiger partial charge < -0.3 is 10.1 Å². The summed E-state index contributed by atoms with van der Waals surface area (Å²) in [5.74, 6) is 0.129. The van der Waals surface area contributed by atoms with Crippen molar-refractivity contribution < 1.29 is 26.4 Å². The van der Waals surface area contributed by atoms with Crippen molar-refractivity contribution in [2.45, 2.75) is 9.79 Å². The van der Waals surface area contributed by atoms with E-state index >= 15 is 0 Å². The van der Waals surface area contributed by atoms with Crippen LogP contribution in [0, 0.1) is 0 Å². The fourth-order valence-corrected chi connectivity index (χ4v) is 5.15. The number of ether oxygens (including phenoxy) is 1. The van der Waals surface area contributed by atoms with Gasteiger partial charge in [0.05, 0.1) is 29.1 Å². The molecule has 0 bridgehead atoms. The Bertz CT molecular complexity index is 1080. The molecule has 1 aliphatic heterocycles. The van der Waals surface area contributed by atoms with E-state index in [1.807, 2.05) is 0 Å². The number of nitrogens with zero attached hydrogens (tertiary/aromatic N) is 1. The topological polar surface area (TPSA) is 122 Å². The van der Waals surface area contributed by atoms with Crippen molar-refractivity contribution in [3.63, 3.8) is 0 Å². The molecule has 3 rings (SSSR count). The van der Waals surface area contributed by atoms with Gasteiger partial charge in [0.1, 0.15) is 5.75 Å². The van der Waals surface area contributed by atoms with E-state index in [-0.39, 0.29) is 41.0 Å². The van der Waals surface area contributed by atoms with Crippen LogP contribution in [0.4, 0.5) is 5.69 Å². The average molecular weight is 425 g/mol. The molecule has 2 aromatic rings. The fraction of sp³-hybridized carbons (Fsp3) is 0.235. The summed E-state index contributed by atoms with van der Waals surface area (Å²) < 4.78 is 59.0. The first-order valence-corrected chi connectivity index (χ1v) is 11.2. The second kappa shape index (κ2) is 7.78. The van der Waals surface area contributed by atoms with E-state index in [1.54, 1.807) is 0 Å². The third-order valence-electron chi connectivity index (χ3n) is 4.10. The molecule has 150 valence electrons. The monoisotopic (exact) mass is 425 g/mol. The van der Waals surface area contributed by atoms with E-state index < -0.39 is 20.0 Å². The highest BCUT2D eigenvalue weighted by Gasteiger charge is 2.29. The quantitative estimate of drug-likeness (QED) is 0.700. The molecular formula is C17H19N3O6S2. The molecule has 0 radical (unpaired) electrons. The number of amides is 1. The number of rotatable bonds is 6. The van der Waals surface area contributed by atoms with Crippen molar-refractivity contribution in [2.75, 3.05) is 31.5 Å². The molecule has 1 amide bonds. The molecular weight excluding hydrogens is 406 g/mol. The van der Waals surface area contributed by atoms with Crippen LogP contribution in [0.2, 0.25) is 0 Å². The molecule has 28 heavy (non-hydrogen) atoms. The van der Waals surface area contributed by atoms with Gasteiger partial charge in [0.15, 0.2) is 0 Å². The Morgan fingerprint density at radius 2 is 1.75 bits per heavy atom. The molecule has 1 aliphatic rings. The minimum atomic E-state index is -3.93. The van der Waals surface area contributed by atoms with E-state index in [9.17, 15) is 21.6 Å². The van der Waals surface area contributed by atoms with Crippen LogP contribution < -0.4 is 14.8 Å². The van der Waals surface area contributed by atoms with Gasteiger partial charge in [-0.05, 0) is 42.5 Å². The first kappa shape index (κ1) is 20.1. The van der Waals surface area contributed by atoms with Crippen LogP contribution >= 0.6 is 0 Å². The van der Waals surface area contributed by atoms with Gasteiger partial charge >= 0.3 is 0 Å². The van der Waals surface area contributed by atoms with Crippen molar-refractivity contribution in [2.24, 2.45) is 0 Å². The zero-order valence-electron chi connectivity index (χ0n) is 15.0. The minimum absolute atomic E-state index is 0.00858. The van der Waals surface area contributed by atoms with Crippen LogP contribution in [0.1, 0.15) is 0 Å². The molecule has 0 unspecified atom stereocenters. The molecule has 1 fully saturated rings. The predicted molar refractivity (Wildman–Crippen MR) is 102 cm³/mol. The summed E-state index contributed by atoms with van der Waals surface area (Å²) in [6.45, 7) is 0.0991. The highest BCUT2D eigenvalue weighted by atomic mass is 32.2. The molecule has 0 aromatic heterocycles. The van der Waals surface area contributed by atoms with Crippen LogP contribution in [0.15, 0.2) is 58.3 Å². The molecule has 0 atom stereocenters. The third kappa shape index (κ3) is 4.26. The smallest absolute Gasteiger partial charge is 0.261 e. The molecule has 1 saturated heterocycles. The number of hydrogen-bond acceptors (Lipinski definition) is 6. The van der Waals surface area contributed by atoms with Gasteiger partial charge in [0.25, 0.3) is 10.0 Å². The number of hydrogen-bond donors (Lipinski definition) is 2. The lowest BCUT2D eigenvalue weighted by atomic mass is 10.3. The van der Waals surface area contributed by atoms with E-state index in [4.69, 9.17) is 4.74 Å². The van der Waals surface area contributed by atoms with Crippen LogP contribution in [-0.2, 0) is 24.8 Å². The normalized spacial score (nSPS) is 15.7. The first-order chi connectivity index (χ1) is 13.2. The molecule has 0 saturated carbocycles. The van der Waals surface area contributed by atoms with Gasteiger partial charge in [0.2, 0.25) is 15.9 Å². The zero-order valence-corrected chi connectivity index (χ0v) is 16.6. The minimum Gasteiger partial charge on any atom is -0.497 e. The molecule has 2 N–H and O–H groups in total. The van der Waals surface area contributed by atoms with Crippen molar-refractivity contribution in [1.29, 1.82) is 0 Å². The van der Waals surface area contributed by atoms with E-state index in [2.05, 4.69) is 10.0 Å². The van der Waals surface area contributed by atoms with Crippen LogP contribution in [-0.4, -0.2) is 53.8 Å². The van der Waals surface area contributed by atoms with Gasteiger partial charge in [-0.2, -0.15) is 4.31 Å². The molecule has 2 aromatic carbocycles. The van der Waals surface area contributed by atoms with Gasteiger partial charge in [-0.1, -0.05) is 6.07 Å². The largest absolute Gasteiger partial charge is 0.497 e. The van der Waals surface area contributed by atoms with Gasteiger partial charge in [-0.25, -0.2) is 16.8 Å². The molecule has 0 aliphatic carbocycles. The molecule has 1 heterocycles. The predicted octanol–water partition coefficient (Wildman–Crippen LogP) is 0.616. The van der Waals surface area contributed by atoms with Crippen molar-refractivity contribution in [1.82, 2.24) is 9.62 Å². The lowest BCUT2D eigenvalue weighted by molar-refractivity contribution is -0.122. The summed E-state index contributed by atoms with van der Waals surface area (Å²) in [6.07, 6.45) is 0. The highest BCUT2D eigenvalue weighted by molar-refractivity contribution is 7.92. The summed E-state index contributed by atoms with van der Waals surface area (Å²) in [6, 6.07) is 11.2. The average Bonchev–Trinajstić information content (AvgIpc) is 2.68. The number of sulfonamides is 2. The number of carbonyl (C=O) groups is 1.